The molecule has 0 aromatic carbocycles. The van der Waals surface area contributed by atoms with E-state index in [9.17, 15) is 23.8 Å². The molecule has 1 fully saturated rings. The van der Waals surface area contributed by atoms with Crippen molar-refractivity contribution in [3.63, 3.8) is 0 Å². The maximum atomic E-state index is 14.2. The smallest absolute Gasteiger partial charge is 0.351 e. The molecule has 1 aromatic rings. The van der Waals surface area contributed by atoms with Gasteiger partial charge in [-0.05, 0) is 6.72 Å². The first-order valence-electron chi connectivity index (χ1n) is 5.94. The number of rotatable bonds is 4. The molecule has 1 aliphatic heterocycles. The van der Waals surface area contributed by atoms with E-state index < -0.39 is 48.0 Å². The molecule has 1 saturated heterocycles. The van der Waals surface area contributed by atoms with E-state index in [0.717, 1.165) is 0 Å². The second-order valence-corrected chi connectivity index (χ2v) is 4.67. The molecule has 4 N–H and O–H groups in total. The van der Waals surface area contributed by atoms with Crippen molar-refractivity contribution in [2.45, 2.75) is 24.1 Å². The minimum atomic E-state index is -2.10. The number of aliphatic imine (C=N–C) groups is 1. The molecule has 0 aliphatic carbocycles. The molecule has 1 aliphatic rings. The van der Waals surface area contributed by atoms with Crippen LogP contribution in [-0.2, 0) is 4.74 Å². The molecule has 2 heterocycles. The van der Waals surface area contributed by atoms with Gasteiger partial charge in [-0.3, -0.25) is 9.56 Å². The SMILES string of the molecule is C=NC[C@]1(CO)O[C@@H](n2cc(F)c(N)nc2=O)[C@H](F)[C@@H]1O. The molecule has 0 spiro atoms. The Kier molecular flexibility index (Phi) is 4.03. The Morgan fingerprint density at radius 3 is 2.90 bits per heavy atom. The van der Waals surface area contributed by atoms with Crippen molar-refractivity contribution in [1.82, 2.24) is 9.55 Å². The first-order valence-corrected chi connectivity index (χ1v) is 5.94. The predicted molar refractivity (Wildman–Crippen MR) is 68.1 cm³/mol. The van der Waals surface area contributed by atoms with Gasteiger partial charge in [-0.15, -0.1) is 0 Å². The van der Waals surface area contributed by atoms with Gasteiger partial charge < -0.3 is 20.7 Å². The van der Waals surface area contributed by atoms with Crippen LogP contribution in [0.1, 0.15) is 6.23 Å². The van der Waals surface area contributed by atoms with Crippen molar-refractivity contribution in [2.75, 3.05) is 18.9 Å². The minimum Gasteiger partial charge on any atom is -0.393 e. The largest absolute Gasteiger partial charge is 0.393 e. The molecule has 8 nitrogen and oxygen atoms in total. The highest BCUT2D eigenvalue weighted by molar-refractivity contribution is 5.27. The summed E-state index contributed by atoms with van der Waals surface area (Å²) in [4.78, 5) is 18.3. The second kappa shape index (κ2) is 5.47. The summed E-state index contributed by atoms with van der Waals surface area (Å²) in [5, 5.41) is 19.2. The quantitative estimate of drug-likeness (QED) is 0.589. The van der Waals surface area contributed by atoms with Gasteiger partial charge in [0.15, 0.2) is 24.0 Å². The molecule has 0 amide bonds. The van der Waals surface area contributed by atoms with E-state index in [1.807, 2.05) is 0 Å². The summed E-state index contributed by atoms with van der Waals surface area (Å²) in [6, 6.07) is 0. The van der Waals surface area contributed by atoms with Gasteiger partial charge in [0.05, 0.1) is 19.3 Å². The Bertz CT molecular complexity index is 610. The Morgan fingerprint density at radius 1 is 1.67 bits per heavy atom. The monoisotopic (exact) mass is 304 g/mol. The van der Waals surface area contributed by atoms with Crippen LogP contribution in [0.4, 0.5) is 14.6 Å². The first kappa shape index (κ1) is 15.5. The Hall–Kier alpha value is -1.91. The van der Waals surface area contributed by atoms with Gasteiger partial charge in [0.1, 0.15) is 11.7 Å². The summed E-state index contributed by atoms with van der Waals surface area (Å²) in [6.07, 6.45) is -4.90. The summed E-state index contributed by atoms with van der Waals surface area (Å²) in [6.45, 7) is 2.12. The second-order valence-electron chi connectivity index (χ2n) is 4.67. The lowest BCUT2D eigenvalue weighted by Gasteiger charge is -2.27. The third-order valence-corrected chi connectivity index (χ3v) is 3.32. The first-order chi connectivity index (χ1) is 9.86. The molecule has 4 atom stereocenters. The molecular weight excluding hydrogens is 290 g/mol. The van der Waals surface area contributed by atoms with Crippen LogP contribution >= 0.6 is 0 Å². The predicted octanol–water partition coefficient (Wildman–Crippen LogP) is -1.38. The van der Waals surface area contributed by atoms with Crippen LogP contribution in [0.25, 0.3) is 0 Å². The Balaban J connectivity index is 2.44. The zero-order chi connectivity index (χ0) is 15.8. The fraction of sp³-hybridized carbons (Fsp3) is 0.545. The molecule has 0 radical (unpaired) electrons. The van der Waals surface area contributed by atoms with Crippen LogP contribution < -0.4 is 11.4 Å². The highest BCUT2D eigenvalue weighted by Crippen LogP contribution is 2.38. The van der Waals surface area contributed by atoms with Crippen molar-refractivity contribution in [1.29, 1.82) is 0 Å². The number of alkyl halides is 1. The van der Waals surface area contributed by atoms with E-state index >= 15 is 0 Å². The molecule has 116 valence electrons. The zero-order valence-corrected chi connectivity index (χ0v) is 10.8. The van der Waals surface area contributed by atoms with Crippen molar-refractivity contribution >= 4 is 12.5 Å². The van der Waals surface area contributed by atoms with Crippen LogP contribution in [0.5, 0.6) is 0 Å². The van der Waals surface area contributed by atoms with Gasteiger partial charge in [-0.25, -0.2) is 13.6 Å². The molecular formula is C11H14F2N4O4. The number of aromatic nitrogens is 2. The topological polar surface area (TPSA) is 123 Å². The molecule has 0 unspecified atom stereocenters. The summed E-state index contributed by atoms with van der Waals surface area (Å²) >= 11 is 0. The van der Waals surface area contributed by atoms with Crippen molar-refractivity contribution in [2.24, 2.45) is 4.99 Å². The van der Waals surface area contributed by atoms with E-state index in [4.69, 9.17) is 10.5 Å². The third-order valence-electron chi connectivity index (χ3n) is 3.32. The molecule has 10 heteroatoms. The minimum absolute atomic E-state index is 0.304. The lowest BCUT2D eigenvalue weighted by Crippen LogP contribution is -2.48. The number of nitrogens with zero attached hydrogens (tertiary/aromatic N) is 3. The van der Waals surface area contributed by atoms with Crippen molar-refractivity contribution in [3.05, 3.63) is 22.5 Å². The molecule has 2 rings (SSSR count). The highest BCUT2D eigenvalue weighted by atomic mass is 19.1. The van der Waals surface area contributed by atoms with E-state index in [1.54, 1.807) is 0 Å². The van der Waals surface area contributed by atoms with Gasteiger partial charge in [0.2, 0.25) is 0 Å². The van der Waals surface area contributed by atoms with E-state index in [0.29, 0.717) is 10.8 Å². The van der Waals surface area contributed by atoms with Crippen LogP contribution in [0.2, 0.25) is 0 Å². The van der Waals surface area contributed by atoms with Gasteiger partial charge in [0.25, 0.3) is 0 Å². The number of ether oxygens (including phenoxy) is 1. The maximum Gasteiger partial charge on any atom is 0.351 e. The van der Waals surface area contributed by atoms with Crippen molar-refractivity contribution < 1.29 is 23.7 Å². The molecule has 1 aromatic heterocycles. The Morgan fingerprint density at radius 2 is 2.33 bits per heavy atom. The number of aliphatic hydroxyl groups excluding tert-OH is 2. The summed E-state index contributed by atoms with van der Waals surface area (Å²) in [7, 11) is 0. The summed E-state index contributed by atoms with van der Waals surface area (Å²) in [5.41, 5.74) is 2.32. The average molecular weight is 304 g/mol. The number of anilines is 1. The van der Waals surface area contributed by atoms with Gasteiger partial charge >= 0.3 is 5.69 Å². The fourth-order valence-corrected chi connectivity index (χ4v) is 2.17. The molecule has 0 saturated carbocycles. The summed E-state index contributed by atoms with van der Waals surface area (Å²) in [5.74, 6) is -1.67. The third kappa shape index (κ3) is 2.41. The lowest BCUT2D eigenvalue weighted by atomic mass is 9.97. The van der Waals surface area contributed by atoms with Crippen molar-refractivity contribution in [3.8, 4) is 0 Å². The lowest BCUT2D eigenvalue weighted by molar-refractivity contribution is -0.122. The van der Waals surface area contributed by atoms with E-state index in [1.165, 1.54) is 0 Å². The number of nitrogens with two attached hydrogens (primary N) is 1. The molecule has 21 heavy (non-hydrogen) atoms. The van der Waals surface area contributed by atoms with Crippen LogP contribution in [0.3, 0.4) is 0 Å². The number of halogens is 2. The van der Waals surface area contributed by atoms with Crippen LogP contribution in [0, 0.1) is 5.82 Å². The normalized spacial score (nSPS) is 32.3. The zero-order valence-electron chi connectivity index (χ0n) is 10.8. The van der Waals surface area contributed by atoms with E-state index in [-0.39, 0.29) is 6.54 Å². The molecule has 0 bridgehead atoms. The number of hydrogen-bond donors (Lipinski definition) is 3. The Labute approximate surface area is 117 Å². The van der Waals surface area contributed by atoms with Gasteiger partial charge in [-0.1, -0.05) is 0 Å². The standard InChI is InChI=1S/C11H14F2N4O4/c1-15-3-11(4-18)7(19)6(13)9(21-11)17-2-5(12)8(14)16-10(17)20/h2,6-7,9,18-19H,1,3-4H2,(H2,14,16,20)/t6-,7+,9-,11-/m1/s1. The van der Waals surface area contributed by atoms with Crippen LogP contribution in [-0.4, -0.2) is 57.5 Å². The number of nitrogen functional groups attached to an aromatic ring is 1. The summed E-state index contributed by atoms with van der Waals surface area (Å²) < 4.78 is 33.3. The highest BCUT2D eigenvalue weighted by Gasteiger charge is 2.56. The maximum absolute atomic E-state index is 14.2. The average Bonchev–Trinajstić information content (AvgIpc) is 2.69. The number of aliphatic hydroxyl groups is 2. The van der Waals surface area contributed by atoms with Gasteiger partial charge in [-0.2, -0.15) is 4.98 Å². The fourth-order valence-electron chi connectivity index (χ4n) is 2.17. The van der Waals surface area contributed by atoms with Gasteiger partial charge in [0, 0.05) is 0 Å². The van der Waals surface area contributed by atoms with E-state index in [2.05, 4.69) is 16.7 Å². The van der Waals surface area contributed by atoms with Crippen LogP contribution in [0.15, 0.2) is 16.0 Å². The number of hydrogen-bond acceptors (Lipinski definition) is 7.